The highest BCUT2D eigenvalue weighted by atomic mass is 79.9. The number of rotatable bonds is 5. The summed E-state index contributed by atoms with van der Waals surface area (Å²) in [4.78, 5) is 35.2. The maximum atomic E-state index is 12.1. The molecular formula is C17H15BrN2O5. The normalized spacial score (nSPS) is 11.3. The molecule has 3 N–H and O–H groups in total. The Balaban J connectivity index is 1.94. The number of carboxylic acids is 1. The first-order chi connectivity index (χ1) is 11.9. The number of benzene rings is 2. The van der Waals surface area contributed by atoms with E-state index in [9.17, 15) is 14.4 Å². The molecule has 0 spiro atoms. The van der Waals surface area contributed by atoms with Crippen molar-refractivity contribution in [2.45, 2.75) is 13.0 Å². The third-order valence-electron chi connectivity index (χ3n) is 3.20. The monoisotopic (exact) mass is 406 g/mol. The molecule has 1 unspecified atom stereocenters. The van der Waals surface area contributed by atoms with Gasteiger partial charge in [0.05, 0.1) is 11.1 Å². The lowest BCUT2D eigenvalue weighted by molar-refractivity contribution is -0.128. The Morgan fingerprint density at radius 3 is 2.20 bits per heavy atom. The third kappa shape index (κ3) is 5.05. The van der Waals surface area contributed by atoms with Crippen molar-refractivity contribution in [2.24, 2.45) is 0 Å². The van der Waals surface area contributed by atoms with Crippen molar-refractivity contribution in [1.82, 2.24) is 10.9 Å². The zero-order valence-electron chi connectivity index (χ0n) is 13.2. The Morgan fingerprint density at radius 2 is 1.60 bits per heavy atom. The SMILES string of the molecule is CC(Oc1ccc(Br)cc1)C(=O)NNC(=O)c1ccccc1C(=O)O. The van der Waals surface area contributed by atoms with Crippen LogP contribution in [0.4, 0.5) is 0 Å². The lowest BCUT2D eigenvalue weighted by Gasteiger charge is -2.15. The highest BCUT2D eigenvalue weighted by Gasteiger charge is 2.19. The Labute approximate surface area is 152 Å². The number of carbonyl (C=O) groups is 3. The minimum Gasteiger partial charge on any atom is -0.481 e. The van der Waals surface area contributed by atoms with Gasteiger partial charge >= 0.3 is 5.97 Å². The molecule has 8 heteroatoms. The van der Waals surface area contributed by atoms with Crippen LogP contribution in [0.5, 0.6) is 5.75 Å². The molecule has 0 bridgehead atoms. The van der Waals surface area contributed by atoms with Gasteiger partial charge in [-0.3, -0.25) is 20.4 Å². The van der Waals surface area contributed by atoms with Gasteiger partial charge in [-0.15, -0.1) is 0 Å². The molecule has 25 heavy (non-hydrogen) atoms. The lowest BCUT2D eigenvalue weighted by atomic mass is 10.1. The first kappa shape index (κ1) is 18.5. The average molecular weight is 407 g/mol. The number of hydrogen-bond acceptors (Lipinski definition) is 4. The molecule has 0 aliphatic heterocycles. The van der Waals surface area contributed by atoms with Crippen LogP contribution in [0, 0.1) is 0 Å². The van der Waals surface area contributed by atoms with E-state index in [1.807, 2.05) is 0 Å². The van der Waals surface area contributed by atoms with E-state index in [1.165, 1.54) is 31.2 Å². The second kappa shape index (κ2) is 8.29. The van der Waals surface area contributed by atoms with Crippen LogP contribution in [0.2, 0.25) is 0 Å². The number of ether oxygens (including phenoxy) is 1. The fraction of sp³-hybridized carbons (Fsp3) is 0.118. The van der Waals surface area contributed by atoms with Gasteiger partial charge in [-0.2, -0.15) is 0 Å². The summed E-state index contributed by atoms with van der Waals surface area (Å²) in [6, 6.07) is 12.6. The summed E-state index contributed by atoms with van der Waals surface area (Å²) in [6.07, 6.45) is -0.865. The number of hydrogen-bond donors (Lipinski definition) is 3. The molecule has 0 aliphatic carbocycles. The van der Waals surface area contributed by atoms with E-state index >= 15 is 0 Å². The fourth-order valence-corrected chi connectivity index (χ4v) is 2.19. The molecule has 0 saturated heterocycles. The number of aromatic carboxylic acids is 1. The van der Waals surface area contributed by atoms with Gasteiger partial charge in [0.1, 0.15) is 5.75 Å². The number of carbonyl (C=O) groups excluding carboxylic acids is 2. The van der Waals surface area contributed by atoms with Crippen molar-refractivity contribution in [2.75, 3.05) is 0 Å². The van der Waals surface area contributed by atoms with E-state index in [1.54, 1.807) is 24.3 Å². The summed E-state index contributed by atoms with van der Waals surface area (Å²) < 4.78 is 6.33. The first-order valence-corrected chi connectivity index (χ1v) is 8.02. The predicted molar refractivity (Wildman–Crippen MR) is 93.2 cm³/mol. The molecule has 1 atom stereocenters. The Bertz CT molecular complexity index is 792. The van der Waals surface area contributed by atoms with Crippen molar-refractivity contribution in [3.63, 3.8) is 0 Å². The highest BCUT2D eigenvalue weighted by molar-refractivity contribution is 9.10. The number of amides is 2. The summed E-state index contributed by atoms with van der Waals surface area (Å²) in [5.41, 5.74) is 4.18. The van der Waals surface area contributed by atoms with Crippen molar-refractivity contribution in [1.29, 1.82) is 0 Å². The van der Waals surface area contributed by atoms with Gasteiger partial charge in [0.25, 0.3) is 11.8 Å². The maximum absolute atomic E-state index is 12.1. The smallest absolute Gasteiger partial charge is 0.336 e. The molecule has 7 nitrogen and oxygen atoms in total. The molecule has 0 heterocycles. The average Bonchev–Trinajstić information content (AvgIpc) is 2.61. The van der Waals surface area contributed by atoms with Crippen LogP contribution in [-0.4, -0.2) is 29.0 Å². The Kier molecular flexibility index (Phi) is 6.13. The van der Waals surface area contributed by atoms with Gasteiger partial charge in [0.2, 0.25) is 0 Å². The largest absolute Gasteiger partial charge is 0.481 e. The van der Waals surface area contributed by atoms with E-state index < -0.39 is 23.9 Å². The minimum atomic E-state index is -1.23. The Hall–Kier alpha value is -2.87. The van der Waals surface area contributed by atoms with E-state index in [-0.39, 0.29) is 11.1 Å². The van der Waals surface area contributed by atoms with Gasteiger partial charge in [-0.1, -0.05) is 28.1 Å². The lowest BCUT2D eigenvalue weighted by Crippen LogP contribution is -2.47. The van der Waals surface area contributed by atoms with E-state index in [2.05, 4.69) is 26.8 Å². The molecule has 0 fully saturated rings. The van der Waals surface area contributed by atoms with E-state index in [4.69, 9.17) is 9.84 Å². The van der Waals surface area contributed by atoms with Crippen molar-refractivity contribution in [3.8, 4) is 5.75 Å². The number of hydrazine groups is 1. The number of nitrogens with one attached hydrogen (secondary N) is 2. The van der Waals surface area contributed by atoms with Gasteiger partial charge < -0.3 is 9.84 Å². The standard InChI is InChI=1S/C17H15BrN2O5/c1-10(25-12-8-6-11(18)7-9-12)15(21)19-20-16(22)13-4-2-3-5-14(13)17(23)24/h2-10H,1H3,(H,19,21)(H,20,22)(H,23,24). The summed E-state index contributed by atoms with van der Waals surface area (Å²) in [5, 5.41) is 9.07. The second-order valence-electron chi connectivity index (χ2n) is 5.01. The van der Waals surface area contributed by atoms with Crippen molar-refractivity contribution in [3.05, 3.63) is 64.1 Å². The van der Waals surface area contributed by atoms with Crippen LogP contribution >= 0.6 is 15.9 Å². The highest BCUT2D eigenvalue weighted by Crippen LogP contribution is 2.17. The molecule has 130 valence electrons. The predicted octanol–water partition coefficient (Wildman–Crippen LogP) is 2.38. The van der Waals surface area contributed by atoms with Crippen LogP contribution in [0.1, 0.15) is 27.6 Å². The van der Waals surface area contributed by atoms with Crippen LogP contribution in [0.3, 0.4) is 0 Å². The Morgan fingerprint density at radius 1 is 1.00 bits per heavy atom. The van der Waals surface area contributed by atoms with E-state index in [0.717, 1.165) is 4.47 Å². The van der Waals surface area contributed by atoms with Crippen molar-refractivity contribution >= 4 is 33.7 Å². The van der Waals surface area contributed by atoms with Crippen LogP contribution in [-0.2, 0) is 4.79 Å². The molecule has 2 aromatic rings. The van der Waals surface area contributed by atoms with Gasteiger partial charge in [-0.05, 0) is 43.3 Å². The number of carboxylic acid groups (broad SMARTS) is 1. The topological polar surface area (TPSA) is 105 Å². The minimum absolute atomic E-state index is 0.0585. The molecule has 2 amide bonds. The van der Waals surface area contributed by atoms with E-state index in [0.29, 0.717) is 5.75 Å². The zero-order chi connectivity index (χ0) is 18.4. The third-order valence-corrected chi connectivity index (χ3v) is 3.73. The van der Waals surface area contributed by atoms with Gasteiger partial charge in [0.15, 0.2) is 6.10 Å². The van der Waals surface area contributed by atoms with Crippen LogP contribution in [0.15, 0.2) is 53.0 Å². The van der Waals surface area contributed by atoms with Crippen LogP contribution in [0.25, 0.3) is 0 Å². The first-order valence-electron chi connectivity index (χ1n) is 7.23. The second-order valence-corrected chi connectivity index (χ2v) is 5.92. The summed E-state index contributed by atoms with van der Waals surface area (Å²) in [7, 11) is 0. The summed E-state index contributed by atoms with van der Waals surface area (Å²) in [5.74, 6) is -2.05. The van der Waals surface area contributed by atoms with Gasteiger partial charge in [0, 0.05) is 4.47 Å². The summed E-state index contributed by atoms with van der Waals surface area (Å²) >= 11 is 3.30. The quantitative estimate of drug-likeness (QED) is 0.661. The molecule has 0 radical (unpaired) electrons. The molecule has 2 aromatic carbocycles. The summed E-state index contributed by atoms with van der Waals surface area (Å²) in [6.45, 7) is 1.52. The molecule has 0 aliphatic rings. The van der Waals surface area contributed by atoms with Gasteiger partial charge in [-0.25, -0.2) is 4.79 Å². The molecule has 0 saturated carbocycles. The van der Waals surface area contributed by atoms with Crippen LogP contribution < -0.4 is 15.6 Å². The number of halogens is 1. The molecule has 2 rings (SSSR count). The maximum Gasteiger partial charge on any atom is 0.336 e. The molecule has 0 aromatic heterocycles. The zero-order valence-corrected chi connectivity index (χ0v) is 14.7. The van der Waals surface area contributed by atoms with Crippen molar-refractivity contribution < 1.29 is 24.2 Å². The molecular weight excluding hydrogens is 392 g/mol. The fourth-order valence-electron chi connectivity index (χ4n) is 1.93.